The van der Waals surface area contributed by atoms with Crippen LogP contribution in [0.25, 0.3) is 6.08 Å². The molecular formula is C23H15FN2O4S2. The van der Waals surface area contributed by atoms with E-state index in [1.807, 2.05) is 0 Å². The van der Waals surface area contributed by atoms with Gasteiger partial charge in [-0.15, -0.1) is 0 Å². The monoisotopic (exact) mass is 466 g/mol. The lowest BCUT2D eigenvalue weighted by Gasteiger charge is -2.14. The fraction of sp³-hybridized carbons (Fsp3) is 0.0435. The zero-order valence-corrected chi connectivity index (χ0v) is 18.1. The number of carbonyl (C=O) groups excluding carboxylic acids is 1. The van der Waals surface area contributed by atoms with Gasteiger partial charge in [-0.05, 0) is 35.9 Å². The minimum Gasteiger partial charge on any atom is -0.489 e. The van der Waals surface area contributed by atoms with Gasteiger partial charge in [0, 0.05) is 17.7 Å². The van der Waals surface area contributed by atoms with Crippen molar-refractivity contribution in [3.63, 3.8) is 0 Å². The lowest BCUT2D eigenvalue weighted by atomic mass is 10.2. The second-order valence-electron chi connectivity index (χ2n) is 6.75. The molecule has 32 heavy (non-hydrogen) atoms. The van der Waals surface area contributed by atoms with Gasteiger partial charge in [0.25, 0.3) is 11.6 Å². The van der Waals surface area contributed by atoms with E-state index in [0.717, 1.165) is 11.8 Å². The SMILES string of the molecule is O=C1/C(=C\c2cccc(OCc3ccccc3F)c2)SC(=S)N1c1cccc([N+](=O)[O-])c1. The number of rotatable bonds is 6. The van der Waals surface area contributed by atoms with Crippen molar-refractivity contribution in [2.75, 3.05) is 4.90 Å². The molecule has 0 N–H and O–H groups in total. The predicted octanol–water partition coefficient (Wildman–Crippen LogP) is 5.72. The van der Waals surface area contributed by atoms with Crippen LogP contribution in [0, 0.1) is 15.9 Å². The summed E-state index contributed by atoms with van der Waals surface area (Å²) >= 11 is 6.45. The molecule has 0 radical (unpaired) electrons. The van der Waals surface area contributed by atoms with Gasteiger partial charge < -0.3 is 4.74 Å². The normalized spacial score (nSPS) is 14.8. The molecule has 1 heterocycles. The molecule has 0 aromatic heterocycles. The van der Waals surface area contributed by atoms with Crippen molar-refractivity contribution in [3.05, 3.63) is 105 Å². The van der Waals surface area contributed by atoms with Crippen LogP contribution in [0.2, 0.25) is 0 Å². The Bertz CT molecular complexity index is 1260. The number of halogens is 1. The number of thiocarbonyl (C=S) groups is 1. The molecule has 9 heteroatoms. The highest BCUT2D eigenvalue weighted by molar-refractivity contribution is 8.27. The van der Waals surface area contributed by atoms with Gasteiger partial charge in [-0.1, -0.05) is 60.4 Å². The van der Waals surface area contributed by atoms with E-state index < -0.39 is 4.92 Å². The number of nitro benzene ring substituents is 1. The fourth-order valence-electron chi connectivity index (χ4n) is 3.06. The number of nitrogens with zero attached hydrogens (tertiary/aromatic N) is 2. The molecule has 160 valence electrons. The zero-order valence-electron chi connectivity index (χ0n) is 16.4. The van der Waals surface area contributed by atoms with Gasteiger partial charge >= 0.3 is 0 Å². The highest BCUT2D eigenvalue weighted by Crippen LogP contribution is 2.37. The minimum atomic E-state index is -0.524. The Kier molecular flexibility index (Phi) is 6.29. The maximum atomic E-state index is 13.8. The number of anilines is 1. The van der Waals surface area contributed by atoms with Gasteiger partial charge in [0.05, 0.1) is 15.5 Å². The summed E-state index contributed by atoms with van der Waals surface area (Å²) in [5.74, 6) is -0.178. The van der Waals surface area contributed by atoms with Crippen molar-refractivity contribution in [1.29, 1.82) is 0 Å². The van der Waals surface area contributed by atoms with E-state index in [4.69, 9.17) is 17.0 Å². The average Bonchev–Trinajstić information content (AvgIpc) is 3.06. The maximum absolute atomic E-state index is 13.8. The van der Waals surface area contributed by atoms with E-state index in [9.17, 15) is 19.3 Å². The lowest BCUT2D eigenvalue weighted by Crippen LogP contribution is -2.27. The maximum Gasteiger partial charge on any atom is 0.271 e. The molecule has 1 aliphatic heterocycles. The Morgan fingerprint density at radius 3 is 2.66 bits per heavy atom. The summed E-state index contributed by atoms with van der Waals surface area (Å²) in [4.78, 5) is 25.1. The Morgan fingerprint density at radius 2 is 1.88 bits per heavy atom. The molecule has 3 aromatic carbocycles. The van der Waals surface area contributed by atoms with Gasteiger partial charge in [-0.2, -0.15) is 0 Å². The first-order valence-corrected chi connectivity index (χ1v) is 10.6. The van der Waals surface area contributed by atoms with Crippen molar-refractivity contribution >= 4 is 51.7 Å². The van der Waals surface area contributed by atoms with Gasteiger partial charge in [0.2, 0.25) is 0 Å². The van der Waals surface area contributed by atoms with Crippen LogP contribution in [-0.4, -0.2) is 15.2 Å². The molecule has 0 bridgehead atoms. The third-order valence-corrected chi connectivity index (χ3v) is 5.90. The summed E-state index contributed by atoms with van der Waals surface area (Å²) in [6.45, 7) is 0.0744. The van der Waals surface area contributed by atoms with E-state index in [2.05, 4.69) is 0 Å². The summed E-state index contributed by atoms with van der Waals surface area (Å²) in [6.07, 6.45) is 1.67. The van der Waals surface area contributed by atoms with Gasteiger partial charge in [-0.3, -0.25) is 19.8 Å². The topological polar surface area (TPSA) is 72.7 Å². The third-order valence-electron chi connectivity index (χ3n) is 4.60. The van der Waals surface area contributed by atoms with Crippen LogP contribution >= 0.6 is 24.0 Å². The molecule has 6 nitrogen and oxygen atoms in total. The van der Waals surface area contributed by atoms with Crippen LogP contribution < -0.4 is 9.64 Å². The van der Waals surface area contributed by atoms with E-state index >= 15 is 0 Å². The first-order valence-electron chi connectivity index (χ1n) is 9.41. The van der Waals surface area contributed by atoms with Crippen molar-refractivity contribution < 1.29 is 18.8 Å². The molecule has 1 fully saturated rings. The number of hydrogen-bond donors (Lipinski definition) is 0. The average molecular weight is 467 g/mol. The van der Waals surface area contributed by atoms with Crippen molar-refractivity contribution in [2.24, 2.45) is 0 Å². The second-order valence-corrected chi connectivity index (χ2v) is 8.42. The van der Waals surface area contributed by atoms with E-state index in [1.165, 1.54) is 29.2 Å². The summed E-state index contributed by atoms with van der Waals surface area (Å²) in [6, 6.07) is 19.2. The standard InChI is InChI=1S/C23H15FN2O4S2/c24-20-10-2-1-6-16(20)14-30-19-9-3-5-15(11-19)12-21-22(27)25(23(31)32-21)17-7-4-8-18(13-17)26(28)29/h1-13H,14H2/b21-12+. The predicted molar refractivity (Wildman–Crippen MR) is 126 cm³/mol. The van der Waals surface area contributed by atoms with Crippen molar-refractivity contribution in [3.8, 4) is 5.75 Å². The quantitative estimate of drug-likeness (QED) is 0.200. The molecule has 4 rings (SSSR count). The number of amides is 1. The van der Waals surface area contributed by atoms with Gasteiger partial charge in [-0.25, -0.2) is 4.39 Å². The van der Waals surface area contributed by atoms with Crippen molar-refractivity contribution in [1.82, 2.24) is 0 Å². The molecule has 1 saturated heterocycles. The third kappa shape index (κ3) is 4.68. The molecule has 1 amide bonds. The number of thioether (sulfide) groups is 1. The second kappa shape index (κ2) is 9.29. The molecule has 0 atom stereocenters. The number of non-ortho nitro benzene ring substituents is 1. The van der Waals surface area contributed by atoms with Crippen LogP contribution in [0.1, 0.15) is 11.1 Å². The number of benzene rings is 3. The smallest absolute Gasteiger partial charge is 0.271 e. The summed E-state index contributed by atoms with van der Waals surface area (Å²) in [7, 11) is 0. The number of hydrogen-bond acceptors (Lipinski definition) is 6. The Morgan fingerprint density at radius 1 is 1.09 bits per heavy atom. The van der Waals surface area contributed by atoms with Crippen LogP contribution in [0.5, 0.6) is 5.75 Å². The Hall–Kier alpha value is -3.56. The Labute approximate surface area is 192 Å². The van der Waals surface area contributed by atoms with Crippen LogP contribution in [0.15, 0.2) is 77.7 Å². The molecular weight excluding hydrogens is 451 g/mol. The van der Waals surface area contributed by atoms with Gasteiger partial charge in [0.1, 0.15) is 18.2 Å². The van der Waals surface area contributed by atoms with E-state index in [1.54, 1.807) is 54.6 Å². The highest BCUT2D eigenvalue weighted by atomic mass is 32.2. The lowest BCUT2D eigenvalue weighted by molar-refractivity contribution is -0.384. The van der Waals surface area contributed by atoms with E-state index in [0.29, 0.717) is 27.5 Å². The van der Waals surface area contributed by atoms with Crippen LogP contribution in [-0.2, 0) is 11.4 Å². The first kappa shape index (κ1) is 21.7. The molecule has 1 aliphatic rings. The zero-order chi connectivity index (χ0) is 22.7. The summed E-state index contributed by atoms with van der Waals surface area (Å²) < 4.78 is 19.8. The highest BCUT2D eigenvalue weighted by Gasteiger charge is 2.33. The number of carbonyl (C=O) groups is 1. The molecule has 0 saturated carbocycles. The largest absolute Gasteiger partial charge is 0.489 e. The van der Waals surface area contributed by atoms with Crippen molar-refractivity contribution in [2.45, 2.75) is 6.61 Å². The van der Waals surface area contributed by atoms with Crippen LogP contribution in [0.4, 0.5) is 15.8 Å². The Balaban J connectivity index is 1.53. The number of nitro groups is 1. The van der Waals surface area contributed by atoms with Crippen LogP contribution in [0.3, 0.4) is 0 Å². The fourth-order valence-corrected chi connectivity index (χ4v) is 4.36. The minimum absolute atomic E-state index is 0.0744. The number of ether oxygens (including phenoxy) is 1. The molecule has 0 aliphatic carbocycles. The summed E-state index contributed by atoms with van der Waals surface area (Å²) in [5, 5.41) is 11.1. The molecule has 0 spiro atoms. The molecule has 3 aromatic rings. The van der Waals surface area contributed by atoms with Gasteiger partial charge in [0.15, 0.2) is 4.32 Å². The van der Waals surface area contributed by atoms with E-state index in [-0.39, 0.29) is 28.3 Å². The first-order chi connectivity index (χ1) is 15.4. The molecule has 0 unspecified atom stereocenters. The summed E-state index contributed by atoms with van der Waals surface area (Å²) in [5.41, 5.74) is 1.36.